The molecule has 0 fully saturated rings. The van der Waals surface area contributed by atoms with E-state index in [0.29, 0.717) is 11.4 Å². The fourth-order valence-corrected chi connectivity index (χ4v) is 2.53. The monoisotopic (exact) mass is 303 g/mol. The van der Waals surface area contributed by atoms with E-state index in [4.69, 9.17) is 16.9 Å². The number of hydrogen-bond donors (Lipinski definition) is 0. The molecule has 0 atom stereocenters. The number of hydrogen-bond acceptors (Lipinski definition) is 2. The second-order valence-electron chi connectivity index (χ2n) is 3.75. The number of nitriles is 1. The fraction of sp³-hybridized carbons (Fsp3) is 0.364. The van der Waals surface area contributed by atoms with Crippen LogP contribution in [0.15, 0.2) is 27.6 Å². The highest BCUT2D eigenvalue weighted by Crippen LogP contribution is 2.36. The van der Waals surface area contributed by atoms with Gasteiger partial charge in [0.1, 0.15) is 6.07 Å². The van der Waals surface area contributed by atoms with Crippen LogP contribution < -0.4 is 0 Å². The Bertz CT molecular complexity index is 398. The lowest BCUT2D eigenvalue weighted by atomic mass is 10.2. The number of thioether (sulfide) groups is 1. The largest absolute Gasteiger partial charge is 0.192 e. The molecule has 0 saturated heterocycles. The van der Waals surface area contributed by atoms with Crippen LogP contribution in [0.4, 0.5) is 0 Å². The molecule has 0 spiro atoms. The molecule has 0 aromatic heterocycles. The van der Waals surface area contributed by atoms with Crippen LogP contribution >= 0.6 is 39.3 Å². The van der Waals surface area contributed by atoms with E-state index in [1.807, 2.05) is 18.2 Å². The predicted octanol–water partition coefficient (Wildman–Crippen LogP) is 4.43. The van der Waals surface area contributed by atoms with Crippen molar-refractivity contribution in [3.05, 3.63) is 28.2 Å². The normalized spacial score (nSPS) is 11.1. The van der Waals surface area contributed by atoms with Crippen molar-refractivity contribution in [2.45, 2.75) is 23.5 Å². The van der Waals surface area contributed by atoms with Crippen LogP contribution in [0.25, 0.3) is 0 Å². The molecule has 1 aromatic rings. The molecule has 4 heteroatoms. The van der Waals surface area contributed by atoms with Crippen LogP contribution in [-0.4, -0.2) is 10.6 Å². The van der Waals surface area contributed by atoms with E-state index in [1.165, 1.54) is 0 Å². The Balaban J connectivity index is 3.01. The van der Waals surface area contributed by atoms with Gasteiger partial charge in [-0.05, 0) is 32.0 Å². The SMILES string of the molecule is CC(C)(CCl)Sc1ccc(Br)cc1C#N. The van der Waals surface area contributed by atoms with E-state index in [-0.39, 0.29) is 4.75 Å². The second kappa shape index (κ2) is 5.25. The van der Waals surface area contributed by atoms with Gasteiger partial charge in [-0.15, -0.1) is 23.4 Å². The Morgan fingerprint density at radius 1 is 1.53 bits per heavy atom. The first-order valence-corrected chi connectivity index (χ1v) is 6.57. The third-order valence-corrected chi connectivity index (χ3v) is 4.36. The maximum atomic E-state index is 9.00. The summed E-state index contributed by atoms with van der Waals surface area (Å²) >= 11 is 10.8. The second-order valence-corrected chi connectivity index (χ2v) is 6.68. The van der Waals surface area contributed by atoms with Crippen molar-refractivity contribution in [1.29, 1.82) is 5.26 Å². The van der Waals surface area contributed by atoms with Crippen molar-refractivity contribution >= 4 is 39.3 Å². The molecule has 1 aromatic carbocycles. The van der Waals surface area contributed by atoms with Gasteiger partial charge in [-0.25, -0.2) is 0 Å². The smallest absolute Gasteiger partial charge is 0.100 e. The lowest BCUT2D eigenvalue weighted by molar-refractivity contribution is 0.811. The van der Waals surface area contributed by atoms with Gasteiger partial charge in [0.15, 0.2) is 0 Å². The Hall–Kier alpha value is -0.170. The summed E-state index contributed by atoms with van der Waals surface area (Å²) in [6.45, 7) is 4.13. The van der Waals surface area contributed by atoms with Gasteiger partial charge in [-0.1, -0.05) is 15.9 Å². The van der Waals surface area contributed by atoms with Crippen LogP contribution in [0.5, 0.6) is 0 Å². The van der Waals surface area contributed by atoms with Crippen molar-refractivity contribution in [3.8, 4) is 6.07 Å². The lowest BCUT2D eigenvalue weighted by Crippen LogP contribution is -2.16. The molecule has 0 amide bonds. The van der Waals surface area contributed by atoms with Crippen molar-refractivity contribution in [3.63, 3.8) is 0 Å². The molecular formula is C11H11BrClNS. The predicted molar refractivity (Wildman–Crippen MR) is 69.5 cm³/mol. The third-order valence-electron chi connectivity index (χ3n) is 1.77. The molecule has 15 heavy (non-hydrogen) atoms. The highest BCUT2D eigenvalue weighted by atomic mass is 79.9. The summed E-state index contributed by atoms with van der Waals surface area (Å²) in [6, 6.07) is 7.90. The molecule has 0 aliphatic heterocycles. The fourth-order valence-electron chi connectivity index (χ4n) is 1.00. The zero-order valence-electron chi connectivity index (χ0n) is 8.55. The van der Waals surface area contributed by atoms with Crippen molar-refractivity contribution < 1.29 is 0 Å². The van der Waals surface area contributed by atoms with E-state index in [1.54, 1.807) is 11.8 Å². The number of alkyl halides is 1. The van der Waals surface area contributed by atoms with E-state index < -0.39 is 0 Å². The van der Waals surface area contributed by atoms with E-state index in [2.05, 4.69) is 35.8 Å². The van der Waals surface area contributed by atoms with Gasteiger partial charge in [-0.2, -0.15) is 5.26 Å². The minimum Gasteiger partial charge on any atom is -0.192 e. The molecule has 0 unspecified atom stereocenters. The molecule has 0 radical (unpaired) electrons. The number of halogens is 2. The van der Waals surface area contributed by atoms with Crippen LogP contribution in [0.3, 0.4) is 0 Å². The highest BCUT2D eigenvalue weighted by molar-refractivity contribution is 9.10. The first-order valence-electron chi connectivity index (χ1n) is 4.43. The number of rotatable bonds is 3. The molecule has 1 nitrogen and oxygen atoms in total. The van der Waals surface area contributed by atoms with Crippen molar-refractivity contribution in [2.75, 3.05) is 5.88 Å². The van der Waals surface area contributed by atoms with E-state index >= 15 is 0 Å². The summed E-state index contributed by atoms with van der Waals surface area (Å²) in [4.78, 5) is 0.978. The van der Waals surface area contributed by atoms with Gasteiger partial charge in [-0.3, -0.25) is 0 Å². The Morgan fingerprint density at radius 2 is 2.20 bits per heavy atom. The van der Waals surface area contributed by atoms with Crippen LogP contribution in [-0.2, 0) is 0 Å². The van der Waals surface area contributed by atoms with Gasteiger partial charge in [0.05, 0.1) is 5.56 Å². The summed E-state index contributed by atoms with van der Waals surface area (Å²) in [5.74, 6) is 0.554. The Labute approximate surface area is 108 Å². The summed E-state index contributed by atoms with van der Waals surface area (Å²) in [7, 11) is 0. The van der Waals surface area contributed by atoms with Crippen LogP contribution in [0.2, 0.25) is 0 Å². The first-order chi connectivity index (χ1) is 6.98. The highest BCUT2D eigenvalue weighted by Gasteiger charge is 2.19. The molecular weight excluding hydrogens is 294 g/mol. The first kappa shape index (κ1) is 12.9. The topological polar surface area (TPSA) is 23.8 Å². The summed E-state index contributed by atoms with van der Waals surface area (Å²) < 4.78 is 0.869. The van der Waals surface area contributed by atoms with Gasteiger partial charge < -0.3 is 0 Å². The van der Waals surface area contributed by atoms with Crippen molar-refractivity contribution in [2.24, 2.45) is 0 Å². The van der Waals surface area contributed by atoms with E-state index in [0.717, 1.165) is 9.37 Å². The zero-order valence-corrected chi connectivity index (χ0v) is 11.7. The zero-order chi connectivity index (χ0) is 11.5. The maximum absolute atomic E-state index is 9.00. The molecule has 0 saturated carbocycles. The molecule has 0 aliphatic rings. The van der Waals surface area contributed by atoms with Gasteiger partial charge in [0.25, 0.3) is 0 Å². The molecule has 80 valence electrons. The minimum atomic E-state index is -0.0546. The summed E-state index contributed by atoms with van der Waals surface area (Å²) in [5.41, 5.74) is 0.688. The molecule has 0 N–H and O–H groups in total. The van der Waals surface area contributed by atoms with Gasteiger partial charge in [0.2, 0.25) is 0 Å². The van der Waals surface area contributed by atoms with E-state index in [9.17, 15) is 0 Å². The van der Waals surface area contributed by atoms with Crippen LogP contribution in [0.1, 0.15) is 19.4 Å². The molecule has 0 bridgehead atoms. The maximum Gasteiger partial charge on any atom is 0.100 e. The average Bonchev–Trinajstić information content (AvgIpc) is 2.20. The quantitative estimate of drug-likeness (QED) is 0.609. The minimum absolute atomic E-state index is 0.0546. The van der Waals surface area contributed by atoms with Crippen molar-refractivity contribution in [1.82, 2.24) is 0 Å². The Kier molecular flexibility index (Phi) is 4.51. The molecule has 1 rings (SSSR count). The number of nitrogens with zero attached hydrogens (tertiary/aromatic N) is 1. The lowest BCUT2D eigenvalue weighted by Gasteiger charge is -2.21. The standard InChI is InChI=1S/C11H11BrClNS/c1-11(2,7-13)15-10-4-3-9(12)5-8(10)6-14/h3-5H,7H2,1-2H3. The molecule has 0 aliphatic carbocycles. The third kappa shape index (κ3) is 3.71. The number of benzene rings is 1. The van der Waals surface area contributed by atoms with Gasteiger partial charge >= 0.3 is 0 Å². The van der Waals surface area contributed by atoms with Crippen LogP contribution in [0, 0.1) is 11.3 Å². The average molecular weight is 305 g/mol. The Morgan fingerprint density at radius 3 is 2.73 bits per heavy atom. The molecule has 0 heterocycles. The van der Waals surface area contributed by atoms with Gasteiger partial charge in [0, 0.05) is 20.0 Å². The summed E-state index contributed by atoms with van der Waals surface area (Å²) in [6.07, 6.45) is 0. The summed E-state index contributed by atoms with van der Waals surface area (Å²) in [5, 5.41) is 9.00.